The smallest absolute Gasteiger partial charge is 0.407 e. The fraction of sp³-hybridized carbons (Fsp3) is 0.552. The van der Waals surface area contributed by atoms with Gasteiger partial charge in [0.25, 0.3) is 0 Å². The van der Waals surface area contributed by atoms with E-state index >= 15 is 4.39 Å². The summed E-state index contributed by atoms with van der Waals surface area (Å²) in [6.07, 6.45) is 2.39. The van der Waals surface area contributed by atoms with Crippen LogP contribution in [0.3, 0.4) is 0 Å². The Hall–Kier alpha value is -2.31. The SMILES string of the molecule is CC(C)(C)Oc1ccc(-c2cc3c(cc2F)[C@H](NC(=O)O[C@H]2CN4CCC2CC4)C(C)(C)C3)c(Cl)c1. The number of hydrogen-bond acceptors (Lipinski definition) is 4. The maximum atomic E-state index is 15.5. The Bertz CT molecular complexity index is 1170. The van der Waals surface area contributed by atoms with E-state index in [2.05, 4.69) is 24.1 Å². The molecule has 3 fully saturated rings. The van der Waals surface area contributed by atoms with Gasteiger partial charge in [0.2, 0.25) is 0 Å². The minimum atomic E-state index is -0.415. The van der Waals surface area contributed by atoms with E-state index in [1.807, 2.05) is 32.9 Å². The summed E-state index contributed by atoms with van der Waals surface area (Å²) in [6.45, 7) is 13.1. The normalized spacial score (nSPS) is 26.4. The average Bonchev–Trinajstić information content (AvgIpc) is 3.02. The van der Waals surface area contributed by atoms with Gasteiger partial charge in [-0.1, -0.05) is 25.4 Å². The molecule has 2 atom stereocenters. The van der Waals surface area contributed by atoms with Gasteiger partial charge in [0.15, 0.2) is 0 Å². The van der Waals surface area contributed by atoms with Crippen molar-refractivity contribution >= 4 is 17.7 Å². The molecule has 3 heterocycles. The highest BCUT2D eigenvalue weighted by atomic mass is 35.5. The van der Waals surface area contributed by atoms with Crippen molar-refractivity contribution in [3.05, 3.63) is 52.3 Å². The van der Waals surface area contributed by atoms with Crippen LogP contribution in [-0.2, 0) is 11.2 Å². The number of benzene rings is 2. The van der Waals surface area contributed by atoms with Crippen LogP contribution in [-0.4, -0.2) is 42.3 Å². The van der Waals surface area contributed by atoms with Gasteiger partial charge < -0.3 is 14.8 Å². The number of carbonyl (C=O) groups excluding carboxylic acids is 1. The Kier molecular flexibility index (Phi) is 6.49. The highest BCUT2D eigenvalue weighted by Crippen LogP contribution is 2.47. The maximum Gasteiger partial charge on any atom is 0.407 e. The zero-order chi connectivity index (χ0) is 25.8. The molecule has 1 N–H and O–H groups in total. The van der Waals surface area contributed by atoms with E-state index in [-0.39, 0.29) is 29.0 Å². The summed E-state index contributed by atoms with van der Waals surface area (Å²) in [5.74, 6) is 0.717. The molecular formula is C29H36ClFN2O3. The summed E-state index contributed by atoms with van der Waals surface area (Å²) in [7, 11) is 0. The summed E-state index contributed by atoms with van der Waals surface area (Å²) in [6, 6.07) is 8.44. The van der Waals surface area contributed by atoms with Gasteiger partial charge in [0.1, 0.15) is 23.3 Å². The second kappa shape index (κ2) is 9.21. The summed E-state index contributed by atoms with van der Waals surface area (Å²) in [5.41, 5.74) is 2.25. The summed E-state index contributed by atoms with van der Waals surface area (Å²) < 4.78 is 27.2. The lowest BCUT2D eigenvalue weighted by atomic mass is 9.85. The van der Waals surface area contributed by atoms with E-state index < -0.39 is 6.09 Å². The van der Waals surface area contributed by atoms with Gasteiger partial charge in [-0.15, -0.1) is 0 Å². The van der Waals surface area contributed by atoms with Crippen molar-refractivity contribution in [3.63, 3.8) is 0 Å². The van der Waals surface area contributed by atoms with Gasteiger partial charge in [0, 0.05) is 17.7 Å². The third kappa shape index (κ3) is 5.08. The van der Waals surface area contributed by atoms with Gasteiger partial charge in [-0.3, -0.25) is 4.90 Å². The number of rotatable bonds is 4. The van der Waals surface area contributed by atoms with Crippen LogP contribution in [0.15, 0.2) is 30.3 Å². The Morgan fingerprint density at radius 3 is 2.47 bits per heavy atom. The molecule has 3 saturated heterocycles. The molecule has 36 heavy (non-hydrogen) atoms. The number of amides is 1. The number of hydrogen-bond donors (Lipinski definition) is 1. The molecule has 3 aliphatic heterocycles. The summed E-state index contributed by atoms with van der Waals surface area (Å²) in [4.78, 5) is 15.3. The zero-order valence-corrected chi connectivity index (χ0v) is 22.5. The van der Waals surface area contributed by atoms with Crippen molar-refractivity contribution in [1.82, 2.24) is 10.2 Å². The quantitative estimate of drug-likeness (QED) is 0.489. The van der Waals surface area contributed by atoms with Gasteiger partial charge >= 0.3 is 6.09 Å². The zero-order valence-electron chi connectivity index (χ0n) is 21.8. The highest BCUT2D eigenvalue weighted by molar-refractivity contribution is 6.33. The molecular weight excluding hydrogens is 479 g/mol. The summed E-state index contributed by atoms with van der Waals surface area (Å²) in [5, 5.41) is 3.50. The fourth-order valence-electron chi connectivity index (χ4n) is 6.01. The Balaban J connectivity index is 1.36. The molecule has 0 radical (unpaired) electrons. The molecule has 7 heteroatoms. The van der Waals surface area contributed by atoms with Crippen molar-refractivity contribution in [2.75, 3.05) is 19.6 Å². The Morgan fingerprint density at radius 2 is 1.86 bits per heavy atom. The number of carbonyl (C=O) groups is 1. The van der Waals surface area contributed by atoms with Crippen LogP contribution in [0.2, 0.25) is 5.02 Å². The van der Waals surface area contributed by atoms with Crippen molar-refractivity contribution in [3.8, 4) is 16.9 Å². The van der Waals surface area contributed by atoms with Crippen LogP contribution < -0.4 is 10.1 Å². The van der Waals surface area contributed by atoms with E-state index in [1.165, 1.54) is 0 Å². The van der Waals surface area contributed by atoms with Crippen LogP contribution >= 0.6 is 11.6 Å². The molecule has 0 unspecified atom stereocenters. The molecule has 0 saturated carbocycles. The standard InChI is InChI=1S/C29H36ClFN2O3/c1-28(2,3)36-19-6-7-20(23(30)13-19)22-12-18-15-29(4,5)26(21(18)14-24(22)31)32-27(34)35-25-16-33-10-8-17(25)9-11-33/h6-7,12-14,17,25-26H,8-11,15-16H2,1-5H3,(H,32,34)/t25-,26-/m0/s1. The Labute approximate surface area is 218 Å². The van der Waals surface area contributed by atoms with Crippen LogP contribution in [0.1, 0.15) is 64.6 Å². The van der Waals surface area contributed by atoms with Crippen LogP contribution in [0.25, 0.3) is 11.1 Å². The van der Waals surface area contributed by atoms with E-state index in [0.29, 0.717) is 34.2 Å². The van der Waals surface area contributed by atoms with Gasteiger partial charge in [0.05, 0.1) is 11.1 Å². The minimum Gasteiger partial charge on any atom is -0.488 e. The Morgan fingerprint density at radius 1 is 1.14 bits per heavy atom. The molecule has 6 rings (SSSR count). The topological polar surface area (TPSA) is 50.8 Å². The molecule has 0 spiro atoms. The van der Waals surface area contributed by atoms with Gasteiger partial charge in [-0.05, 0) is 106 Å². The number of alkyl carbamates (subject to hydrolysis) is 1. The molecule has 1 aliphatic carbocycles. The largest absolute Gasteiger partial charge is 0.488 e. The molecule has 2 aromatic rings. The number of piperidine rings is 3. The number of fused-ring (bicyclic) bond motifs is 4. The first kappa shape index (κ1) is 25.3. The lowest BCUT2D eigenvalue weighted by molar-refractivity contribution is -0.0349. The first-order valence-corrected chi connectivity index (χ1v) is 13.3. The van der Waals surface area contributed by atoms with Crippen molar-refractivity contribution < 1.29 is 18.7 Å². The minimum absolute atomic E-state index is 0.0667. The molecule has 2 bridgehead atoms. The van der Waals surface area contributed by atoms with Crippen LogP contribution in [0.5, 0.6) is 5.75 Å². The molecule has 1 amide bonds. The molecule has 0 aromatic heterocycles. The third-order valence-corrected chi connectivity index (χ3v) is 8.05. The van der Waals surface area contributed by atoms with Gasteiger partial charge in [-0.2, -0.15) is 0 Å². The van der Waals surface area contributed by atoms with Crippen molar-refractivity contribution in [1.29, 1.82) is 0 Å². The van der Waals surface area contributed by atoms with E-state index in [9.17, 15) is 4.79 Å². The van der Waals surface area contributed by atoms with Gasteiger partial charge in [-0.25, -0.2) is 9.18 Å². The number of halogens is 2. The van der Waals surface area contributed by atoms with E-state index in [1.54, 1.807) is 18.2 Å². The lowest BCUT2D eigenvalue weighted by Gasteiger charge is -2.44. The second-order valence-corrected chi connectivity index (χ2v) is 12.6. The summed E-state index contributed by atoms with van der Waals surface area (Å²) >= 11 is 6.56. The molecule has 2 aromatic carbocycles. The maximum absolute atomic E-state index is 15.5. The molecule has 5 nitrogen and oxygen atoms in total. The van der Waals surface area contributed by atoms with Crippen LogP contribution in [0.4, 0.5) is 9.18 Å². The third-order valence-electron chi connectivity index (χ3n) is 7.74. The fourth-order valence-corrected chi connectivity index (χ4v) is 6.29. The van der Waals surface area contributed by atoms with Crippen LogP contribution in [0, 0.1) is 17.2 Å². The highest BCUT2D eigenvalue weighted by Gasteiger charge is 2.42. The predicted octanol–water partition coefficient (Wildman–Crippen LogP) is 6.77. The second-order valence-electron chi connectivity index (χ2n) is 12.2. The van der Waals surface area contributed by atoms with Crippen molar-refractivity contribution in [2.24, 2.45) is 11.3 Å². The molecule has 194 valence electrons. The predicted molar refractivity (Wildman–Crippen MR) is 140 cm³/mol. The number of nitrogens with zero attached hydrogens (tertiary/aromatic N) is 1. The van der Waals surface area contributed by atoms with Crippen molar-refractivity contribution in [2.45, 2.75) is 71.6 Å². The van der Waals surface area contributed by atoms with E-state index in [4.69, 9.17) is 21.1 Å². The lowest BCUT2D eigenvalue weighted by Crippen LogP contribution is -2.53. The number of ether oxygens (including phenoxy) is 2. The van der Waals surface area contributed by atoms with E-state index in [0.717, 1.165) is 43.6 Å². The average molecular weight is 515 g/mol. The number of nitrogens with one attached hydrogen (secondary N) is 1. The molecule has 4 aliphatic rings. The first-order valence-electron chi connectivity index (χ1n) is 12.9. The first-order chi connectivity index (χ1) is 16.9. The monoisotopic (exact) mass is 514 g/mol.